The minimum atomic E-state index is -4.11. The number of ether oxygens (including phenoxy) is 3. The van der Waals surface area contributed by atoms with E-state index in [-0.39, 0.29) is 0 Å². The number of hydrogen-bond acceptors (Lipinski definition) is 8. The monoisotopic (exact) mass is 405 g/mol. The standard InChI is InChI=1S/C19H19NO7S/c1-24-13-8-9-14(15(10-13)25-2)17-16(21)18(19(20)26-17)27-28(22,23)11-12-6-4-3-5-7-12/h3-10,17H,11,20H2,1-2H3. The van der Waals surface area contributed by atoms with E-state index in [4.69, 9.17) is 24.1 Å². The topological polar surface area (TPSA) is 114 Å². The maximum absolute atomic E-state index is 12.7. The Balaban J connectivity index is 1.82. The number of methoxy groups -OCH3 is 2. The van der Waals surface area contributed by atoms with Gasteiger partial charge in [0.25, 0.3) is 0 Å². The van der Waals surface area contributed by atoms with Crippen molar-refractivity contribution >= 4 is 15.9 Å². The molecule has 2 aromatic rings. The summed E-state index contributed by atoms with van der Waals surface area (Å²) in [5.41, 5.74) is 6.61. The first kappa shape index (κ1) is 19.6. The number of benzene rings is 2. The molecule has 0 radical (unpaired) electrons. The van der Waals surface area contributed by atoms with E-state index in [2.05, 4.69) is 0 Å². The summed E-state index contributed by atoms with van der Waals surface area (Å²) in [4.78, 5) is 12.7. The molecule has 0 aliphatic carbocycles. The molecule has 148 valence electrons. The Kier molecular flexibility index (Phi) is 5.46. The van der Waals surface area contributed by atoms with Crippen molar-refractivity contribution in [2.45, 2.75) is 11.9 Å². The van der Waals surface area contributed by atoms with Gasteiger partial charge in [-0.15, -0.1) is 0 Å². The molecule has 9 heteroatoms. The van der Waals surface area contributed by atoms with Crippen LogP contribution in [0.5, 0.6) is 11.5 Å². The van der Waals surface area contributed by atoms with Crippen LogP contribution in [0.2, 0.25) is 0 Å². The number of ketones is 1. The van der Waals surface area contributed by atoms with Crippen LogP contribution in [0.25, 0.3) is 0 Å². The second-order valence-corrected chi connectivity index (χ2v) is 7.51. The van der Waals surface area contributed by atoms with Gasteiger partial charge in [-0.05, 0) is 17.7 Å². The van der Waals surface area contributed by atoms with Crippen molar-refractivity contribution in [3.63, 3.8) is 0 Å². The summed E-state index contributed by atoms with van der Waals surface area (Å²) in [6, 6.07) is 13.2. The largest absolute Gasteiger partial charge is 0.497 e. The second kappa shape index (κ2) is 7.81. The molecule has 0 spiro atoms. The molecule has 28 heavy (non-hydrogen) atoms. The summed E-state index contributed by atoms with van der Waals surface area (Å²) < 4.78 is 45.4. The van der Waals surface area contributed by atoms with Gasteiger partial charge >= 0.3 is 10.1 Å². The van der Waals surface area contributed by atoms with Gasteiger partial charge in [-0.3, -0.25) is 4.79 Å². The Bertz CT molecular complexity index is 1020. The average molecular weight is 405 g/mol. The number of carbonyl (C=O) groups is 1. The van der Waals surface area contributed by atoms with E-state index in [0.717, 1.165) is 0 Å². The highest BCUT2D eigenvalue weighted by Gasteiger charge is 2.41. The number of rotatable bonds is 7. The molecule has 0 saturated heterocycles. The molecule has 3 rings (SSSR count). The van der Waals surface area contributed by atoms with Gasteiger partial charge in [0.05, 0.1) is 14.2 Å². The fraction of sp³-hybridized carbons (Fsp3) is 0.211. The van der Waals surface area contributed by atoms with Crippen molar-refractivity contribution in [3.05, 3.63) is 71.3 Å². The molecule has 0 aromatic heterocycles. The van der Waals surface area contributed by atoms with E-state index in [0.29, 0.717) is 22.6 Å². The van der Waals surface area contributed by atoms with E-state index in [1.807, 2.05) is 0 Å². The highest BCUT2D eigenvalue weighted by Crippen LogP contribution is 2.38. The molecule has 0 fully saturated rings. The van der Waals surface area contributed by atoms with Crippen LogP contribution in [0.4, 0.5) is 0 Å². The lowest BCUT2D eigenvalue weighted by atomic mass is 10.0. The van der Waals surface area contributed by atoms with Crippen molar-refractivity contribution in [1.82, 2.24) is 0 Å². The van der Waals surface area contributed by atoms with Gasteiger partial charge in [0.15, 0.2) is 6.10 Å². The van der Waals surface area contributed by atoms with Gasteiger partial charge in [0, 0.05) is 11.6 Å². The van der Waals surface area contributed by atoms with Gasteiger partial charge in [-0.2, -0.15) is 8.42 Å². The predicted octanol–water partition coefficient (Wildman–Crippen LogP) is 2.02. The fourth-order valence-electron chi connectivity index (χ4n) is 2.73. The first-order valence-electron chi connectivity index (χ1n) is 8.23. The molecule has 2 aromatic carbocycles. The first-order chi connectivity index (χ1) is 13.3. The Labute approximate surface area is 162 Å². The van der Waals surface area contributed by atoms with Crippen LogP contribution in [-0.4, -0.2) is 28.4 Å². The first-order valence-corrected chi connectivity index (χ1v) is 9.81. The van der Waals surface area contributed by atoms with E-state index in [9.17, 15) is 13.2 Å². The molecule has 2 N–H and O–H groups in total. The summed E-state index contributed by atoms with van der Waals surface area (Å²) in [7, 11) is -1.18. The molecule has 0 saturated carbocycles. The van der Waals surface area contributed by atoms with E-state index in [1.165, 1.54) is 14.2 Å². The van der Waals surface area contributed by atoms with E-state index >= 15 is 0 Å². The van der Waals surface area contributed by atoms with Crippen molar-refractivity contribution in [2.24, 2.45) is 5.73 Å². The summed E-state index contributed by atoms with van der Waals surface area (Å²) >= 11 is 0. The van der Waals surface area contributed by atoms with Crippen molar-refractivity contribution in [2.75, 3.05) is 14.2 Å². The maximum Gasteiger partial charge on any atom is 0.313 e. The number of Topliss-reactive ketones (excluding diaryl/α,β-unsaturated/α-hetero) is 1. The Morgan fingerprint density at radius 2 is 1.79 bits per heavy atom. The van der Waals surface area contributed by atoms with Crippen LogP contribution >= 0.6 is 0 Å². The predicted molar refractivity (Wildman–Crippen MR) is 99.7 cm³/mol. The summed E-state index contributed by atoms with van der Waals surface area (Å²) in [6.07, 6.45) is -1.18. The molecule has 1 unspecified atom stereocenters. The molecule has 0 amide bonds. The molecular weight excluding hydrogens is 386 g/mol. The SMILES string of the molecule is COc1ccc(C2OC(N)=C(OS(=O)(=O)Cc3ccccc3)C2=O)c(OC)c1. The van der Waals surface area contributed by atoms with Crippen LogP contribution in [0.1, 0.15) is 17.2 Å². The van der Waals surface area contributed by atoms with Crippen LogP contribution in [0.15, 0.2) is 60.2 Å². The van der Waals surface area contributed by atoms with Crippen LogP contribution in [-0.2, 0) is 29.6 Å². The molecule has 1 heterocycles. The zero-order valence-corrected chi connectivity index (χ0v) is 16.1. The third-order valence-corrected chi connectivity index (χ3v) is 5.16. The second-order valence-electron chi connectivity index (χ2n) is 5.93. The molecule has 0 bridgehead atoms. The third-order valence-electron chi connectivity index (χ3n) is 4.05. The van der Waals surface area contributed by atoms with Gasteiger partial charge in [0.1, 0.15) is 17.3 Å². The lowest BCUT2D eigenvalue weighted by molar-refractivity contribution is -0.123. The zero-order chi connectivity index (χ0) is 20.3. The minimum absolute atomic E-state index is 0.332. The maximum atomic E-state index is 12.7. The summed E-state index contributed by atoms with van der Waals surface area (Å²) in [5, 5.41) is 0. The number of hydrogen-bond donors (Lipinski definition) is 1. The Morgan fingerprint density at radius 3 is 2.43 bits per heavy atom. The highest BCUT2D eigenvalue weighted by atomic mass is 32.2. The molecule has 1 aliphatic heterocycles. The molecular formula is C19H19NO7S. The van der Waals surface area contributed by atoms with Crippen molar-refractivity contribution < 1.29 is 31.6 Å². The highest BCUT2D eigenvalue weighted by molar-refractivity contribution is 7.86. The normalized spacial score (nSPS) is 16.6. The Hall–Kier alpha value is -3.20. The molecule has 1 atom stereocenters. The average Bonchev–Trinajstić information content (AvgIpc) is 2.95. The van der Waals surface area contributed by atoms with Crippen molar-refractivity contribution in [1.29, 1.82) is 0 Å². The number of carbonyl (C=O) groups excluding carboxylic acids is 1. The fourth-order valence-corrected chi connectivity index (χ4v) is 3.81. The van der Waals surface area contributed by atoms with E-state index < -0.39 is 39.4 Å². The lowest BCUT2D eigenvalue weighted by Crippen LogP contribution is -2.16. The van der Waals surface area contributed by atoms with Gasteiger partial charge < -0.3 is 24.1 Å². The molecule has 8 nitrogen and oxygen atoms in total. The van der Waals surface area contributed by atoms with Gasteiger partial charge in [0.2, 0.25) is 17.4 Å². The van der Waals surface area contributed by atoms with Gasteiger partial charge in [-0.1, -0.05) is 30.3 Å². The smallest absolute Gasteiger partial charge is 0.313 e. The van der Waals surface area contributed by atoms with Crippen LogP contribution in [0.3, 0.4) is 0 Å². The van der Waals surface area contributed by atoms with Crippen molar-refractivity contribution in [3.8, 4) is 11.5 Å². The van der Waals surface area contributed by atoms with E-state index in [1.54, 1.807) is 48.5 Å². The third kappa shape index (κ3) is 4.04. The summed E-state index contributed by atoms with van der Waals surface area (Å²) in [6.45, 7) is 0. The number of nitrogens with two attached hydrogens (primary N) is 1. The minimum Gasteiger partial charge on any atom is -0.497 e. The molecule has 1 aliphatic rings. The Morgan fingerprint density at radius 1 is 1.07 bits per heavy atom. The van der Waals surface area contributed by atoms with Crippen LogP contribution in [0, 0.1) is 0 Å². The zero-order valence-electron chi connectivity index (χ0n) is 15.2. The van der Waals surface area contributed by atoms with Crippen LogP contribution < -0.4 is 15.2 Å². The summed E-state index contributed by atoms with van der Waals surface area (Å²) in [5.74, 6) is -1.21. The lowest BCUT2D eigenvalue weighted by Gasteiger charge is -2.15. The quantitative estimate of drug-likeness (QED) is 0.696. The van der Waals surface area contributed by atoms with Gasteiger partial charge in [-0.25, -0.2) is 0 Å².